The molecule has 2 heterocycles. The predicted octanol–water partition coefficient (Wildman–Crippen LogP) is 2.60. The van der Waals surface area contributed by atoms with E-state index >= 15 is 0 Å². The van der Waals surface area contributed by atoms with Gasteiger partial charge in [0.2, 0.25) is 0 Å². The molecule has 0 aliphatic carbocycles. The highest BCUT2D eigenvalue weighted by molar-refractivity contribution is 7.14. The van der Waals surface area contributed by atoms with Gasteiger partial charge in [-0.1, -0.05) is 30.3 Å². The van der Waals surface area contributed by atoms with Crippen molar-refractivity contribution in [3.05, 3.63) is 67.9 Å². The zero-order valence-electron chi connectivity index (χ0n) is 13.5. The molecule has 124 valence electrons. The molecule has 0 unspecified atom stereocenters. The van der Waals surface area contributed by atoms with Crippen LogP contribution in [0.1, 0.15) is 18.2 Å². The van der Waals surface area contributed by atoms with Crippen LogP contribution in [0.4, 0.5) is 5.00 Å². The third kappa shape index (κ3) is 3.03. The Balaban J connectivity index is 1.99. The van der Waals surface area contributed by atoms with Gasteiger partial charge in [0.15, 0.2) is 0 Å². The number of benzene rings is 1. The van der Waals surface area contributed by atoms with Gasteiger partial charge in [-0.25, -0.2) is 9.78 Å². The van der Waals surface area contributed by atoms with Gasteiger partial charge in [0.1, 0.15) is 10.7 Å². The van der Waals surface area contributed by atoms with E-state index in [0.29, 0.717) is 30.0 Å². The van der Waals surface area contributed by atoms with Crippen molar-refractivity contribution in [2.45, 2.75) is 26.9 Å². The summed E-state index contributed by atoms with van der Waals surface area (Å²) in [6.45, 7) is 4.77. The van der Waals surface area contributed by atoms with Crippen LogP contribution in [0.15, 0.2) is 45.4 Å². The molecule has 0 saturated heterocycles. The number of rotatable bonds is 5. The quantitative estimate of drug-likeness (QED) is 0.747. The number of anilines is 1. The third-order valence-electron chi connectivity index (χ3n) is 3.88. The van der Waals surface area contributed by atoms with Crippen molar-refractivity contribution in [2.24, 2.45) is 0 Å². The van der Waals surface area contributed by atoms with Gasteiger partial charge in [-0.2, -0.15) is 0 Å². The highest BCUT2D eigenvalue weighted by atomic mass is 32.1. The van der Waals surface area contributed by atoms with Crippen LogP contribution in [-0.2, 0) is 13.1 Å². The molecule has 24 heavy (non-hydrogen) atoms. The molecule has 0 aliphatic heterocycles. The Morgan fingerprint density at radius 3 is 2.71 bits per heavy atom. The fourth-order valence-electron chi connectivity index (χ4n) is 2.67. The lowest BCUT2D eigenvalue weighted by molar-refractivity contribution is 0.671. The number of H-pyrrole nitrogens is 1. The molecule has 0 atom stereocenters. The second kappa shape index (κ2) is 6.84. The van der Waals surface area contributed by atoms with Crippen molar-refractivity contribution in [3.8, 4) is 11.3 Å². The minimum atomic E-state index is -0.407. The summed E-state index contributed by atoms with van der Waals surface area (Å²) in [5, 5.41) is 4.14. The molecule has 0 saturated carbocycles. The first-order valence-corrected chi connectivity index (χ1v) is 8.55. The molecule has 0 spiro atoms. The number of nitrogens with zero attached hydrogens (tertiary/aromatic N) is 2. The molecule has 3 aromatic rings. The molecule has 0 bridgehead atoms. The van der Waals surface area contributed by atoms with Gasteiger partial charge in [0, 0.05) is 18.8 Å². The number of thiazole rings is 1. The predicted molar refractivity (Wildman–Crippen MR) is 96.6 cm³/mol. The molecule has 0 aliphatic rings. The Labute approximate surface area is 142 Å². The van der Waals surface area contributed by atoms with E-state index in [4.69, 9.17) is 0 Å². The normalized spacial score (nSPS) is 10.8. The fourth-order valence-corrected chi connectivity index (χ4v) is 3.35. The maximum absolute atomic E-state index is 12.3. The molecule has 3 rings (SSSR count). The van der Waals surface area contributed by atoms with E-state index in [2.05, 4.69) is 15.3 Å². The molecule has 0 fully saturated rings. The smallest absolute Gasteiger partial charge is 0.328 e. The van der Waals surface area contributed by atoms with Gasteiger partial charge in [0.05, 0.1) is 11.1 Å². The Hall–Kier alpha value is -2.67. The summed E-state index contributed by atoms with van der Waals surface area (Å²) in [6, 6.07) is 10.00. The lowest BCUT2D eigenvalue weighted by atomic mass is 10.1. The van der Waals surface area contributed by atoms with Crippen molar-refractivity contribution in [1.82, 2.24) is 14.5 Å². The van der Waals surface area contributed by atoms with Crippen molar-refractivity contribution in [2.75, 3.05) is 5.32 Å². The van der Waals surface area contributed by atoms with Crippen LogP contribution < -0.4 is 16.6 Å². The maximum atomic E-state index is 12.3. The van der Waals surface area contributed by atoms with Crippen LogP contribution in [0.5, 0.6) is 0 Å². The Morgan fingerprint density at radius 1 is 1.25 bits per heavy atom. The maximum Gasteiger partial charge on any atom is 0.328 e. The Morgan fingerprint density at radius 2 is 2.00 bits per heavy atom. The number of hydrogen-bond donors (Lipinski definition) is 2. The molecule has 7 heteroatoms. The number of hydrogen-bond acceptors (Lipinski definition) is 5. The standard InChI is InChI=1S/C17H18N4O2S/c1-3-21-11(2)13(15(22)20-17(21)23)14-16(24-10-19-14)18-9-12-7-5-4-6-8-12/h4-8,10,18H,3,9H2,1-2H3,(H,20,22,23). The van der Waals surface area contributed by atoms with Gasteiger partial charge in [0.25, 0.3) is 5.56 Å². The summed E-state index contributed by atoms with van der Waals surface area (Å²) in [7, 11) is 0. The van der Waals surface area contributed by atoms with E-state index < -0.39 is 11.2 Å². The minimum Gasteiger partial charge on any atom is -0.371 e. The third-order valence-corrected chi connectivity index (χ3v) is 4.66. The summed E-state index contributed by atoms with van der Waals surface area (Å²) in [4.78, 5) is 30.9. The van der Waals surface area contributed by atoms with E-state index in [-0.39, 0.29) is 0 Å². The molecule has 1 aromatic carbocycles. The molecule has 2 aromatic heterocycles. The van der Waals surface area contributed by atoms with Crippen molar-refractivity contribution < 1.29 is 0 Å². The lowest BCUT2D eigenvalue weighted by Crippen LogP contribution is -2.32. The molecular formula is C17H18N4O2S. The topological polar surface area (TPSA) is 79.8 Å². The van der Waals surface area contributed by atoms with Gasteiger partial charge in [-0.05, 0) is 19.4 Å². The first-order valence-electron chi connectivity index (χ1n) is 7.67. The second-order valence-corrected chi connectivity index (χ2v) is 6.19. The second-order valence-electron chi connectivity index (χ2n) is 5.33. The summed E-state index contributed by atoms with van der Waals surface area (Å²) >= 11 is 1.44. The Kier molecular flexibility index (Phi) is 4.61. The van der Waals surface area contributed by atoms with Crippen molar-refractivity contribution in [3.63, 3.8) is 0 Å². The van der Waals surface area contributed by atoms with Gasteiger partial charge >= 0.3 is 5.69 Å². The van der Waals surface area contributed by atoms with E-state index in [0.717, 1.165) is 10.6 Å². The van der Waals surface area contributed by atoms with Crippen molar-refractivity contribution in [1.29, 1.82) is 0 Å². The van der Waals surface area contributed by atoms with Gasteiger partial charge < -0.3 is 5.32 Å². The zero-order chi connectivity index (χ0) is 17.1. The Bertz CT molecular complexity index is 957. The fraction of sp³-hybridized carbons (Fsp3) is 0.235. The van der Waals surface area contributed by atoms with Crippen molar-refractivity contribution >= 4 is 16.3 Å². The van der Waals surface area contributed by atoms with Crippen LogP contribution in [-0.4, -0.2) is 14.5 Å². The van der Waals surface area contributed by atoms with Crippen LogP contribution in [0.3, 0.4) is 0 Å². The van der Waals surface area contributed by atoms with E-state index in [1.54, 1.807) is 12.4 Å². The SMILES string of the molecule is CCn1c(C)c(-c2ncsc2NCc2ccccc2)c(=O)[nH]c1=O. The number of aromatic nitrogens is 3. The van der Waals surface area contributed by atoms with Crippen LogP contribution in [0, 0.1) is 6.92 Å². The first kappa shape index (κ1) is 16.2. The first-order chi connectivity index (χ1) is 11.6. The highest BCUT2D eigenvalue weighted by Crippen LogP contribution is 2.30. The van der Waals surface area contributed by atoms with Crippen LogP contribution in [0.2, 0.25) is 0 Å². The monoisotopic (exact) mass is 342 g/mol. The molecule has 6 nitrogen and oxygen atoms in total. The molecule has 0 amide bonds. The molecule has 2 N–H and O–H groups in total. The van der Waals surface area contributed by atoms with E-state index in [9.17, 15) is 9.59 Å². The van der Waals surface area contributed by atoms with E-state index in [1.165, 1.54) is 15.9 Å². The summed E-state index contributed by atoms with van der Waals surface area (Å²) in [5.41, 5.74) is 3.68. The number of nitrogens with one attached hydrogen (secondary N) is 2. The average Bonchev–Trinajstić information content (AvgIpc) is 3.02. The zero-order valence-corrected chi connectivity index (χ0v) is 14.3. The molecule has 0 radical (unpaired) electrons. The largest absolute Gasteiger partial charge is 0.371 e. The summed E-state index contributed by atoms with van der Waals surface area (Å²) < 4.78 is 1.54. The number of aromatic amines is 1. The lowest BCUT2D eigenvalue weighted by Gasteiger charge is -2.11. The average molecular weight is 342 g/mol. The summed E-state index contributed by atoms with van der Waals surface area (Å²) in [5.74, 6) is 0. The highest BCUT2D eigenvalue weighted by Gasteiger charge is 2.18. The van der Waals surface area contributed by atoms with E-state index in [1.807, 2.05) is 37.3 Å². The minimum absolute atomic E-state index is 0.391. The summed E-state index contributed by atoms with van der Waals surface area (Å²) in [6.07, 6.45) is 0. The van der Waals surface area contributed by atoms with Crippen LogP contribution in [0.25, 0.3) is 11.3 Å². The van der Waals surface area contributed by atoms with Crippen LogP contribution >= 0.6 is 11.3 Å². The van der Waals surface area contributed by atoms with Gasteiger partial charge in [-0.15, -0.1) is 11.3 Å². The van der Waals surface area contributed by atoms with Gasteiger partial charge in [-0.3, -0.25) is 14.3 Å². The molecular weight excluding hydrogens is 324 g/mol.